The number of rotatable bonds is 9. The summed E-state index contributed by atoms with van der Waals surface area (Å²) in [4.78, 5) is 18.2. The molecule has 0 saturated heterocycles. The minimum Gasteiger partial charge on any atom is -0.404 e. The molecule has 1 aromatic carbocycles. The molecule has 0 aliphatic rings. The van der Waals surface area contributed by atoms with Crippen molar-refractivity contribution in [3.8, 4) is 5.75 Å². The second-order valence-corrected chi connectivity index (χ2v) is 8.34. The van der Waals surface area contributed by atoms with E-state index in [-0.39, 0.29) is 5.41 Å². The molecule has 0 radical (unpaired) electrons. The van der Waals surface area contributed by atoms with Gasteiger partial charge in [-0.3, -0.25) is 9.79 Å². The first-order valence-corrected chi connectivity index (χ1v) is 10.0. The first kappa shape index (κ1) is 20.2. The Hall–Kier alpha value is -0.830. The molecule has 23 heavy (non-hydrogen) atoms. The lowest BCUT2D eigenvalue weighted by molar-refractivity contribution is 0.282. The zero-order valence-electron chi connectivity index (χ0n) is 14.8. The molecule has 0 spiro atoms. The third-order valence-electron chi connectivity index (χ3n) is 3.94. The average Bonchev–Trinajstić information content (AvgIpc) is 2.41. The van der Waals surface area contributed by atoms with Crippen molar-refractivity contribution in [2.24, 2.45) is 0 Å². The highest BCUT2D eigenvalue weighted by atomic mass is 31.2. The van der Waals surface area contributed by atoms with E-state index in [2.05, 4.69) is 27.7 Å². The van der Waals surface area contributed by atoms with Crippen LogP contribution in [0.3, 0.4) is 0 Å². The van der Waals surface area contributed by atoms with E-state index >= 15 is 0 Å². The van der Waals surface area contributed by atoms with Crippen LogP contribution in [0, 0.1) is 0 Å². The highest BCUT2D eigenvalue weighted by molar-refractivity contribution is 7.46. The van der Waals surface area contributed by atoms with Crippen molar-refractivity contribution in [1.29, 1.82) is 0 Å². The number of aryl methyl sites for hydroxylation is 1. The van der Waals surface area contributed by atoms with Crippen LogP contribution in [0.25, 0.3) is 0 Å². The predicted molar refractivity (Wildman–Crippen MR) is 94.9 cm³/mol. The van der Waals surface area contributed by atoms with Crippen molar-refractivity contribution in [1.82, 2.24) is 0 Å². The summed E-state index contributed by atoms with van der Waals surface area (Å²) in [6.45, 7) is 8.57. The molecule has 0 aliphatic heterocycles. The van der Waals surface area contributed by atoms with Gasteiger partial charge < -0.3 is 4.52 Å². The van der Waals surface area contributed by atoms with Crippen molar-refractivity contribution in [2.75, 3.05) is 0 Å². The van der Waals surface area contributed by atoms with Gasteiger partial charge in [0, 0.05) is 0 Å². The molecule has 0 atom stereocenters. The predicted octanol–water partition coefficient (Wildman–Crippen LogP) is 5.36. The summed E-state index contributed by atoms with van der Waals surface area (Å²) in [6, 6.07) is 5.60. The zero-order chi connectivity index (χ0) is 17.5. The number of phosphoric ester groups is 1. The lowest BCUT2D eigenvalue weighted by Crippen LogP contribution is -2.11. The van der Waals surface area contributed by atoms with Crippen LogP contribution in [0.15, 0.2) is 18.2 Å². The number of phosphoric acid groups is 1. The summed E-state index contributed by atoms with van der Waals surface area (Å²) < 4.78 is 16.0. The van der Waals surface area contributed by atoms with Crippen molar-refractivity contribution in [3.05, 3.63) is 29.3 Å². The second-order valence-electron chi connectivity index (χ2n) is 7.17. The molecule has 4 nitrogen and oxygen atoms in total. The molecule has 0 fully saturated rings. The van der Waals surface area contributed by atoms with Gasteiger partial charge in [0.15, 0.2) is 0 Å². The Morgan fingerprint density at radius 1 is 1.04 bits per heavy atom. The van der Waals surface area contributed by atoms with Gasteiger partial charge in [-0.25, -0.2) is 4.57 Å². The van der Waals surface area contributed by atoms with Crippen molar-refractivity contribution < 1.29 is 18.9 Å². The van der Waals surface area contributed by atoms with Crippen LogP contribution in [0.5, 0.6) is 5.75 Å². The van der Waals surface area contributed by atoms with E-state index in [4.69, 9.17) is 14.3 Å². The Morgan fingerprint density at radius 2 is 1.65 bits per heavy atom. The highest BCUT2D eigenvalue weighted by Crippen LogP contribution is 2.40. The van der Waals surface area contributed by atoms with Gasteiger partial charge >= 0.3 is 7.82 Å². The first-order chi connectivity index (χ1) is 10.6. The molecule has 0 saturated carbocycles. The Bertz CT molecular complexity index is 528. The van der Waals surface area contributed by atoms with Crippen LogP contribution in [0.2, 0.25) is 0 Å². The van der Waals surface area contributed by atoms with Crippen LogP contribution < -0.4 is 4.52 Å². The molecule has 5 heteroatoms. The summed E-state index contributed by atoms with van der Waals surface area (Å²) in [7, 11) is -4.52. The fourth-order valence-electron chi connectivity index (χ4n) is 2.55. The standard InChI is InChI=1S/C18H31O4P/c1-5-6-7-8-9-10-11-15-14-16(18(2,3)4)12-13-17(15)22-23(19,20)21/h12-14H,5-11H2,1-4H3,(H2,19,20,21). The van der Waals surface area contributed by atoms with Gasteiger partial charge in [-0.15, -0.1) is 0 Å². The second kappa shape index (κ2) is 8.86. The molecule has 2 N–H and O–H groups in total. The molecule has 0 heterocycles. The molecule has 0 aromatic heterocycles. The molecular formula is C18H31O4P. The lowest BCUT2D eigenvalue weighted by Gasteiger charge is -2.21. The van der Waals surface area contributed by atoms with Crippen LogP contribution in [-0.2, 0) is 16.4 Å². The number of hydrogen-bond acceptors (Lipinski definition) is 2. The normalized spacial score (nSPS) is 12.4. The first-order valence-electron chi connectivity index (χ1n) is 8.52. The van der Waals surface area contributed by atoms with Crippen molar-refractivity contribution >= 4 is 7.82 Å². The van der Waals surface area contributed by atoms with Gasteiger partial charge in [0.2, 0.25) is 0 Å². The Balaban J connectivity index is 2.80. The summed E-state index contributed by atoms with van der Waals surface area (Å²) in [6.07, 6.45) is 7.89. The highest BCUT2D eigenvalue weighted by Gasteiger charge is 2.21. The summed E-state index contributed by atoms with van der Waals surface area (Å²) in [5, 5.41) is 0. The van der Waals surface area contributed by atoms with Gasteiger partial charge in [-0.2, -0.15) is 0 Å². The maximum atomic E-state index is 11.2. The Morgan fingerprint density at radius 3 is 2.22 bits per heavy atom. The van der Waals surface area contributed by atoms with Gasteiger partial charge in [0.25, 0.3) is 0 Å². The molecule has 132 valence electrons. The number of benzene rings is 1. The fourth-order valence-corrected chi connectivity index (χ4v) is 2.99. The minimum absolute atomic E-state index is 0.00344. The van der Waals surface area contributed by atoms with Gasteiger partial charge in [0.1, 0.15) is 5.75 Å². The van der Waals surface area contributed by atoms with Crippen molar-refractivity contribution in [3.63, 3.8) is 0 Å². The molecule has 1 aromatic rings. The van der Waals surface area contributed by atoms with E-state index in [0.29, 0.717) is 5.75 Å². The Kier molecular flexibility index (Phi) is 7.79. The van der Waals surface area contributed by atoms with E-state index < -0.39 is 7.82 Å². The van der Waals surface area contributed by atoms with E-state index in [0.717, 1.165) is 30.4 Å². The van der Waals surface area contributed by atoms with E-state index in [1.165, 1.54) is 25.7 Å². The third kappa shape index (κ3) is 8.01. The fraction of sp³-hybridized carbons (Fsp3) is 0.667. The maximum absolute atomic E-state index is 11.2. The lowest BCUT2D eigenvalue weighted by atomic mass is 9.85. The Labute approximate surface area is 140 Å². The molecule has 0 amide bonds. The van der Waals surface area contributed by atoms with E-state index in [1.807, 2.05) is 12.1 Å². The van der Waals surface area contributed by atoms with Crippen molar-refractivity contribution in [2.45, 2.75) is 78.1 Å². The molecule has 1 rings (SSSR count). The quantitative estimate of drug-likeness (QED) is 0.468. The maximum Gasteiger partial charge on any atom is 0.524 e. The summed E-state index contributed by atoms with van der Waals surface area (Å²) in [5.41, 5.74) is 2.03. The third-order valence-corrected chi connectivity index (χ3v) is 4.38. The SMILES string of the molecule is CCCCCCCCc1cc(C(C)(C)C)ccc1OP(=O)(O)O. The topological polar surface area (TPSA) is 66.8 Å². The van der Waals surface area contributed by atoms with Crippen LogP contribution in [0.1, 0.15) is 77.3 Å². The van der Waals surface area contributed by atoms with E-state index in [1.54, 1.807) is 6.07 Å². The molecule has 0 bridgehead atoms. The number of unbranched alkanes of at least 4 members (excludes halogenated alkanes) is 5. The van der Waals surface area contributed by atoms with Crippen LogP contribution in [-0.4, -0.2) is 9.79 Å². The molecule has 0 unspecified atom stereocenters. The largest absolute Gasteiger partial charge is 0.524 e. The van der Waals surface area contributed by atoms with Crippen LogP contribution in [0.4, 0.5) is 0 Å². The van der Waals surface area contributed by atoms with E-state index in [9.17, 15) is 4.57 Å². The molecule has 0 aliphatic carbocycles. The summed E-state index contributed by atoms with van der Waals surface area (Å²) >= 11 is 0. The molecular weight excluding hydrogens is 311 g/mol. The summed E-state index contributed by atoms with van der Waals surface area (Å²) in [5.74, 6) is 0.305. The van der Waals surface area contributed by atoms with Gasteiger partial charge in [-0.1, -0.05) is 71.9 Å². The minimum atomic E-state index is -4.52. The average molecular weight is 342 g/mol. The van der Waals surface area contributed by atoms with Gasteiger partial charge in [-0.05, 0) is 35.4 Å². The monoisotopic (exact) mass is 342 g/mol. The van der Waals surface area contributed by atoms with Crippen LogP contribution >= 0.6 is 7.82 Å². The zero-order valence-corrected chi connectivity index (χ0v) is 15.7. The smallest absolute Gasteiger partial charge is 0.404 e. The number of hydrogen-bond donors (Lipinski definition) is 2. The van der Waals surface area contributed by atoms with Gasteiger partial charge in [0.05, 0.1) is 0 Å².